The van der Waals surface area contributed by atoms with Crippen molar-refractivity contribution < 1.29 is 13.2 Å². The van der Waals surface area contributed by atoms with E-state index in [2.05, 4.69) is 4.98 Å². The van der Waals surface area contributed by atoms with E-state index < -0.39 is 12.1 Å². The van der Waals surface area contributed by atoms with Crippen molar-refractivity contribution >= 4 is 17.3 Å². The Morgan fingerprint density at radius 1 is 1.44 bits per heavy atom. The van der Waals surface area contributed by atoms with Crippen LogP contribution in [0.5, 0.6) is 0 Å². The summed E-state index contributed by atoms with van der Waals surface area (Å²) in [6, 6.07) is 1.75. The van der Waals surface area contributed by atoms with E-state index in [1.165, 1.54) is 0 Å². The summed E-state index contributed by atoms with van der Waals surface area (Å²) in [5.74, 6) is -0.972. The van der Waals surface area contributed by atoms with Crippen LogP contribution in [0.2, 0.25) is 0 Å². The van der Waals surface area contributed by atoms with Gasteiger partial charge in [0.1, 0.15) is 0 Å². The maximum Gasteiger partial charge on any atom is 0.393 e. The summed E-state index contributed by atoms with van der Waals surface area (Å²) in [5.41, 5.74) is 1.55. The third-order valence-electron chi connectivity index (χ3n) is 3.26. The predicted molar refractivity (Wildman–Crippen MR) is 64.8 cm³/mol. The lowest BCUT2D eigenvalue weighted by atomic mass is 9.97. The van der Waals surface area contributed by atoms with Gasteiger partial charge in [0.25, 0.3) is 0 Å². The summed E-state index contributed by atoms with van der Waals surface area (Å²) in [4.78, 5) is 5.72. The quantitative estimate of drug-likeness (QED) is 0.769. The van der Waals surface area contributed by atoms with Crippen LogP contribution in [0.25, 0.3) is 0 Å². The lowest BCUT2D eigenvalue weighted by molar-refractivity contribution is -0.176. The Kier molecular flexibility index (Phi) is 4.00. The van der Waals surface area contributed by atoms with Crippen molar-refractivity contribution in [2.75, 3.05) is 18.0 Å². The molecule has 0 aromatic carbocycles. The molecule has 1 aromatic heterocycles. The fraction of sp³-hybridized carbons (Fsp3) is 0.583. The molecule has 0 bridgehead atoms. The highest BCUT2D eigenvalue weighted by atomic mass is 35.5. The summed E-state index contributed by atoms with van der Waals surface area (Å²) >= 11 is 5.80. The van der Waals surface area contributed by atoms with Gasteiger partial charge >= 0.3 is 6.18 Å². The van der Waals surface area contributed by atoms with Gasteiger partial charge in [-0.3, -0.25) is 4.98 Å². The molecule has 0 N–H and O–H groups in total. The van der Waals surface area contributed by atoms with Gasteiger partial charge < -0.3 is 4.90 Å². The maximum atomic E-state index is 12.7. The Morgan fingerprint density at radius 3 is 2.89 bits per heavy atom. The second kappa shape index (κ2) is 5.34. The number of pyridine rings is 1. The van der Waals surface area contributed by atoms with E-state index in [1.54, 1.807) is 23.4 Å². The van der Waals surface area contributed by atoms with Crippen molar-refractivity contribution in [2.24, 2.45) is 5.92 Å². The minimum absolute atomic E-state index is 0.000910. The molecular weight excluding hydrogens is 265 g/mol. The Morgan fingerprint density at radius 2 is 2.22 bits per heavy atom. The van der Waals surface area contributed by atoms with Gasteiger partial charge in [0.15, 0.2) is 0 Å². The van der Waals surface area contributed by atoms with Gasteiger partial charge in [-0.15, -0.1) is 11.6 Å². The molecule has 1 aliphatic rings. The second-order valence-electron chi connectivity index (χ2n) is 4.46. The average Bonchev–Trinajstić information content (AvgIpc) is 2.38. The number of halogens is 4. The van der Waals surface area contributed by atoms with Crippen LogP contribution >= 0.6 is 11.6 Å². The number of piperidine rings is 1. The van der Waals surface area contributed by atoms with E-state index in [0.717, 1.165) is 11.3 Å². The zero-order chi connectivity index (χ0) is 13.2. The van der Waals surface area contributed by atoms with Crippen molar-refractivity contribution in [3.8, 4) is 0 Å². The minimum atomic E-state index is -4.12. The minimum Gasteiger partial charge on any atom is -0.369 e. The zero-order valence-electron chi connectivity index (χ0n) is 9.75. The van der Waals surface area contributed by atoms with Crippen LogP contribution in [-0.2, 0) is 5.88 Å². The van der Waals surface area contributed by atoms with Crippen molar-refractivity contribution in [2.45, 2.75) is 24.9 Å². The summed E-state index contributed by atoms with van der Waals surface area (Å²) in [6.07, 6.45) is -0.178. The molecule has 0 spiro atoms. The number of anilines is 1. The van der Waals surface area contributed by atoms with Crippen LogP contribution in [0, 0.1) is 5.92 Å². The molecule has 0 aliphatic carbocycles. The lowest BCUT2D eigenvalue weighted by Crippen LogP contribution is -2.42. The topological polar surface area (TPSA) is 16.1 Å². The number of aromatic nitrogens is 1. The largest absolute Gasteiger partial charge is 0.393 e. The SMILES string of the molecule is FC(F)(F)C1CCCN(c2cnccc2CCl)C1. The van der Waals surface area contributed by atoms with Gasteiger partial charge in [0.05, 0.1) is 17.8 Å². The molecule has 1 unspecified atom stereocenters. The third-order valence-corrected chi connectivity index (χ3v) is 3.54. The van der Waals surface area contributed by atoms with E-state index in [-0.39, 0.29) is 18.8 Å². The van der Waals surface area contributed by atoms with Gasteiger partial charge in [0, 0.05) is 25.2 Å². The molecule has 6 heteroatoms. The molecule has 2 heterocycles. The number of hydrogen-bond acceptors (Lipinski definition) is 2. The first-order valence-corrected chi connectivity index (χ1v) is 6.36. The van der Waals surface area contributed by atoms with Gasteiger partial charge in [-0.2, -0.15) is 13.2 Å². The first kappa shape index (κ1) is 13.5. The van der Waals surface area contributed by atoms with Crippen molar-refractivity contribution in [1.82, 2.24) is 4.98 Å². The van der Waals surface area contributed by atoms with E-state index >= 15 is 0 Å². The molecule has 1 fully saturated rings. The van der Waals surface area contributed by atoms with Gasteiger partial charge in [-0.05, 0) is 24.5 Å². The molecule has 0 amide bonds. The van der Waals surface area contributed by atoms with Gasteiger partial charge in [0.2, 0.25) is 0 Å². The van der Waals surface area contributed by atoms with Crippen molar-refractivity contribution in [1.29, 1.82) is 0 Å². The zero-order valence-corrected chi connectivity index (χ0v) is 10.5. The summed E-state index contributed by atoms with van der Waals surface area (Å²) < 4.78 is 38.2. The Balaban J connectivity index is 2.18. The Hall–Kier alpha value is -0.970. The number of alkyl halides is 4. The van der Waals surface area contributed by atoms with E-state index in [9.17, 15) is 13.2 Å². The van der Waals surface area contributed by atoms with Crippen molar-refractivity contribution in [3.63, 3.8) is 0 Å². The standard InChI is InChI=1S/C12H14ClF3N2/c13-6-9-3-4-17-7-11(9)18-5-1-2-10(8-18)12(14,15)16/h3-4,7,10H,1-2,5-6,8H2. The van der Waals surface area contributed by atoms with Crippen LogP contribution in [0.4, 0.5) is 18.9 Å². The van der Waals surface area contributed by atoms with Crippen LogP contribution in [0.15, 0.2) is 18.5 Å². The van der Waals surface area contributed by atoms with Gasteiger partial charge in [-0.25, -0.2) is 0 Å². The molecule has 100 valence electrons. The highest BCUT2D eigenvalue weighted by Crippen LogP contribution is 2.35. The lowest BCUT2D eigenvalue weighted by Gasteiger charge is -2.35. The van der Waals surface area contributed by atoms with Crippen LogP contribution in [-0.4, -0.2) is 24.2 Å². The first-order valence-electron chi connectivity index (χ1n) is 5.83. The van der Waals surface area contributed by atoms with E-state index in [0.29, 0.717) is 13.0 Å². The highest BCUT2D eigenvalue weighted by molar-refractivity contribution is 6.17. The molecular formula is C12H14ClF3N2. The third kappa shape index (κ3) is 2.88. The molecule has 2 nitrogen and oxygen atoms in total. The Labute approximate surface area is 109 Å². The number of hydrogen-bond donors (Lipinski definition) is 0. The maximum absolute atomic E-state index is 12.7. The summed E-state index contributed by atoms with van der Waals surface area (Å²) in [6.45, 7) is 0.626. The number of rotatable bonds is 2. The first-order chi connectivity index (χ1) is 8.52. The van der Waals surface area contributed by atoms with Crippen LogP contribution in [0.1, 0.15) is 18.4 Å². The van der Waals surface area contributed by atoms with Gasteiger partial charge in [-0.1, -0.05) is 0 Å². The molecule has 1 atom stereocenters. The highest BCUT2D eigenvalue weighted by Gasteiger charge is 2.42. The molecule has 0 radical (unpaired) electrons. The van der Waals surface area contributed by atoms with Crippen molar-refractivity contribution in [3.05, 3.63) is 24.0 Å². The summed E-state index contributed by atoms with van der Waals surface area (Å²) in [7, 11) is 0. The average molecular weight is 279 g/mol. The molecule has 1 aromatic rings. The smallest absolute Gasteiger partial charge is 0.369 e. The molecule has 18 heavy (non-hydrogen) atoms. The van der Waals surface area contributed by atoms with Crippen LogP contribution in [0.3, 0.4) is 0 Å². The Bertz CT molecular complexity index is 409. The normalized spacial score (nSPS) is 21.1. The molecule has 2 rings (SSSR count). The van der Waals surface area contributed by atoms with E-state index in [1.807, 2.05) is 0 Å². The van der Waals surface area contributed by atoms with Crippen LogP contribution < -0.4 is 4.90 Å². The fourth-order valence-electron chi connectivity index (χ4n) is 2.28. The molecule has 0 saturated carbocycles. The molecule has 1 saturated heterocycles. The molecule has 1 aliphatic heterocycles. The monoisotopic (exact) mass is 278 g/mol. The fourth-order valence-corrected chi connectivity index (χ4v) is 2.50. The second-order valence-corrected chi connectivity index (χ2v) is 4.73. The van der Waals surface area contributed by atoms with E-state index in [4.69, 9.17) is 11.6 Å². The summed E-state index contributed by atoms with van der Waals surface area (Å²) in [5, 5.41) is 0. The number of nitrogens with zero attached hydrogens (tertiary/aromatic N) is 2. The predicted octanol–water partition coefficient (Wildman–Crippen LogP) is 3.60.